The Kier molecular flexibility index (Phi) is 4.35. The van der Waals surface area contributed by atoms with Gasteiger partial charge in [0.15, 0.2) is 0 Å². The van der Waals surface area contributed by atoms with Gasteiger partial charge in [-0.1, -0.05) is 31.5 Å². The highest BCUT2D eigenvalue weighted by atomic mass is 16.5. The molecule has 0 saturated carbocycles. The van der Waals surface area contributed by atoms with E-state index in [0.717, 1.165) is 22.4 Å². The molecule has 2 fully saturated rings. The highest BCUT2D eigenvalue weighted by Gasteiger charge is 2.70. The Morgan fingerprint density at radius 1 is 1.18 bits per heavy atom. The molecule has 1 aromatic carbocycles. The predicted molar refractivity (Wildman–Crippen MR) is 104 cm³/mol. The molecule has 2 N–H and O–H groups in total. The molecule has 3 amide bonds. The maximum absolute atomic E-state index is 13.4. The van der Waals surface area contributed by atoms with Gasteiger partial charge in [0.2, 0.25) is 17.7 Å². The lowest BCUT2D eigenvalue weighted by molar-refractivity contribution is -0.143. The van der Waals surface area contributed by atoms with E-state index in [1.54, 1.807) is 0 Å². The van der Waals surface area contributed by atoms with Crippen LogP contribution < -0.4 is 10.6 Å². The quantitative estimate of drug-likeness (QED) is 0.764. The van der Waals surface area contributed by atoms with Crippen molar-refractivity contribution in [2.45, 2.75) is 39.3 Å². The van der Waals surface area contributed by atoms with Crippen molar-refractivity contribution in [2.24, 2.45) is 17.8 Å². The standard InChI is InChI=1S/C21H27N3O4/c1-10(2)16-14-15(19(26)24(18(14)25)6-7-28-5)21(23-16)13-9-11(3)8-12(4)17(13)22-20(21)27/h8-10,14-16,23H,6-7H2,1-5H3,(H,22,27). The minimum Gasteiger partial charge on any atom is -0.383 e. The third-order valence-corrected chi connectivity index (χ3v) is 6.43. The Hall–Kier alpha value is -2.25. The van der Waals surface area contributed by atoms with Crippen molar-refractivity contribution in [3.8, 4) is 0 Å². The molecule has 0 radical (unpaired) electrons. The molecule has 3 heterocycles. The average molecular weight is 385 g/mol. The maximum Gasteiger partial charge on any atom is 0.250 e. The first-order valence-corrected chi connectivity index (χ1v) is 9.79. The van der Waals surface area contributed by atoms with Crippen LogP contribution in [0.15, 0.2) is 12.1 Å². The summed E-state index contributed by atoms with van der Waals surface area (Å²) in [7, 11) is 1.54. The lowest BCUT2D eigenvalue weighted by Gasteiger charge is -2.30. The minimum absolute atomic E-state index is 0.0914. The van der Waals surface area contributed by atoms with Crippen molar-refractivity contribution in [1.29, 1.82) is 0 Å². The zero-order valence-electron chi connectivity index (χ0n) is 17.0. The van der Waals surface area contributed by atoms with Crippen LogP contribution in [0.2, 0.25) is 0 Å². The monoisotopic (exact) mass is 385 g/mol. The molecule has 7 heteroatoms. The Labute approximate surface area is 164 Å². The van der Waals surface area contributed by atoms with Gasteiger partial charge in [-0.3, -0.25) is 24.6 Å². The van der Waals surface area contributed by atoms with Gasteiger partial charge in [-0.05, 0) is 25.3 Å². The van der Waals surface area contributed by atoms with Gasteiger partial charge in [0.05, 0.1) is 25.0 Å². The number of ether oxygens (including phenoxy) is 1. The highest BCUT2D eigenvalue weighted by molar-refractivity contribution is 6.15. The van der Waals surface area contributed by atoms with Gasteiger partial charge in [0, 0.05) is 24.4 Å². The molecule has 0 aliphatic carbocycles. The Morgan fingerprint density at radius 3 is 2.54 bits per heavy atom. The number of benzene rings is 1. The number of anilines is 1. The van der Waals surface area contributed by atoms with Crippen LogP contribution in [-0.2, 0) is 24.7 Å². The molecule has 1 aromatic rings. The second-order valence-electron chi connectivity index (χ2n) is 8.51. The van der Waals surface area contributed by atoms with E-state index in [9.17, 15) is 14.4 Å². The van der Waals surface area contributed by atoms with Crippen molar-refractivity contribution in [3.63, 3.8) is 0 Å². The molecular weight excluding hydrogens is 358 g/mol. The number of carbonyl (C=O) groups is 3. The topological polar surface area (TPSA) is 87.7 Å². The van der Waals surface area contributed by atoms with Crippen LogP contribution in [0.1, 0.15) is 30.5 Å². The molecule has 7 nitrogen and oxygen atoms in total. The summed E-state index contributed by atoms with van der Waals surface area (Å²) in [5.74, 6) is -1.95. The van der Waals surface area contributed by atoms with Crippen molar-refractivity contribution < 1.29 is 19.1 Å². The summed E-state index contributed by atoms with van der Waals surface area (Å²) in [5.41, 5.74) is 2.30. The van der Waals surface area contributed by atoms with Crippen LogP contribution in [-0.4, -0.2) is 48.9 Å². The number of amides is 3. The van der Waals surface area contributed by atoms with Crippen molar-refractivity contribution in [2.75, 3.05) is 25.6 Å². The van der Waals surface area contributed by atoms with Gasteiger partial charge >= 0.3 is 0 Å². The molecule has 4 unspecified atom stereocenters. The van der Waals surface area contributed by atoms with Crippen LogP contribution in [0, 0.1) is 31.6 Å². The molecule has 3 aliphatic rings. The Balaban J connectivity index is 1.89. The average Bonchev–Trinajstić information content (AvgIpc) is 3.21. The van der Waals surface area contributed by atoms with Crippen molar-refractivity contribution >= 4 is 23.4 Å². The molecule has 28 heavy (non-hydrogen) atoms. The van der Waals surface area contributed by atoms with Crippen LogP contribution in [0.5, 0.6) is 0 Å². The van der Waals surface area contributed by atoms with Crippen LogP contribution >= 0.6 is 0 Å². The number of likely N-dealkylation sites (tertiary alicyclic amines) is 1. The van der Waals surface area contributed by atoms with Crippen LogP contribution in [0.3, 0.4) is 0 Å². The van der Waals surface area contributed by atoms with E-state index in [1.165, 1.54) is 12.0 Å². The Bertz CT molecular complexity index is 881. The second-order valence-corrected chi connectivity index (χ2v) is 8.51. The molecule has 4 rings (SSSR count). The largest absolute Gasteiger partial charge is 0.383 e. The van der Waals surface area contributed by atoms with Gasteiger partial charge in [0.1, 0.15) is 5.54 Å². The number of nitrogens with zero attached hydrogens (tertiary/aromatic N) is 1. The number of nitrogens with one attached hydrogen (secondary N) is 2. The first-order valence-electron chi connectivity index (χ1n) is 9.79. The molecular formula is C21H27N3O4. The summed E-state index contributed by atoms with van der Waals surface area (Å²) < 4.78 is 5.08. The summed E-state index contributed by atoms with van der Waals surface area (Å²) in [5, 5.41) is 6.44. The number of imide groups is 1. The number of hydrogen-bond donors (Lipinski definition) is 2. The fourth-order valence-corrected chi connectivity index (χ4v) is 5.23. The van der Waals surface area contributed by atoms with Gasteiger partial charge in [0.25, 0.3) is 0 Å². The minimum atomic E-state index is -1.21. The summed E-state index contributed by atoms with van der Waals surface area (Å²) in [6, 6.07) is 3.71. The third kappa shape index (κ3) is 2.32. The lowest BCUT2D eigenvalue weighted by atomic mass is 9.75. The zero-order chi connectivity index (χ0) is 20.4. The van der Waals surface area contributed by atoms with E-state index in [2.05, 4.69) is 10.6 Å². The number of methoxy groups -OCH3 is 1. The Morgan fingerprint density at radius 2 is 1.89 bits per heavy atom. The first-order chi connectivity index (χ1) is 13.2. The SMILES string of the molecule is COCCN1C(=O)C2C(C(C)C)NC3(C(=O)Nc4c(C)cc(C)cc43)C2C1=O. The number of hydrogen-bond acceptors (Lipinski definition) is 5. The number of aryl methyl sites for hydroxylation is 2. The predicted octanol–water partition coefficient (Wildman–Crippen LogP) is 1.33. The molecule has 0 bridgehead atoms. The van der Waals surface area contributed by atoms with Crippen LogP contribution in [0.4, 0.5) is 5.69 Å². The van der Waals surface area contributed by atoms with Gasteiger partial charge in [-0.15, -0.1) is 0 Å². The summed E-state index contributed by atoms with van der Waals surface area (Å²) in [6.07, 6.45) is 0. The molecule has 0 aromatic heterocycles. The molecule has 150 valence electrons. The van der Waals surface area contributed by atoms with Crippen LogP contribution in [0.25, 0.3) is 0 Å². The molecule has 3 aliphatic heterocycles. The molecule has 1 spiro atoms. The first kappa shape index (κ1) is 19.1. The zero-order valence-corrected chi connectivity index (χ0v) is 17.0. The van der Waals surface area contributed by atoms with Gasteiger partial charge < -0.3 is 10.1 Å². The smallest absolute Gasteiger partial charge is 0.250 e. The van der Waals surface area contributed by atoms with Gasteiger partial charge in [-0.2, -0.15) is 0 Å². The summed E-state index contributed by atoms with van der Waals surface area (Å²) >= 11 is 0. The molecule has 4 atom stereocenters. The summed E-state index contributed by atoms with van der Waals surface area (Å²) in [4.78, 5) is 41.2. The lowest BCUT2D eigenvalue weighted by Crippen LogP contribution is -2.54. The van der Waals surface area contributed by atoms with Crippen molar-refractivity contribution in [1.82, 2.24) is 10.2 Å². The van der Waals surface area contributed by atoms with Gasteiger partial charge in [-0.25, -0.2) is 0 Å². The van der Waals surface area contributed by atoms with E-state index in [4.69, 9.17) is 4.74 Å². The van der Waals surface area contributed by atoms with E-state index >= 15 is 0 Å². The maximum atomic E-state index is 13.4. The van der Waals surface area contributed by atoms with E-state index in [0.29, 0.717) is 0 Å². The highest BCUT2D eigenvalue weighted by Crippen LogP contribution is 2.54. The van der Waals surface area contributed by atoms with Crippen molar-refractivity contribution in [3.05, 3.63) is 28.8 Å². The number of carbonyl (C=O) groups excluding carboxylic acids is 3. The number of fused-ring (bicyclic) bond motifs is 4. The fourth-order valence-electron chi connectivity index (χ4n) is 5.23. The normalized spacial score (nSPS) is 31.1. The number of rotatable bonds is 4. The fraction of sp³-hybridized carbons (Fsp3) is 0.571. The van der Waals surface area contributed by atoms with E-state index in [-0.39, 0.29) is 42.8 Å². The third-order valence-electron chi connectivity index (χ3n) is 6.43. The second kappa shape index (κ2) is 6.39. The van der Waals surface area contributed by atoms with E-state index < -0.39 is 17.4 Å². The summed E-state index contributed by atoms with van der Waals surface area (Å²) in [6.45, 7) is 8.44. The molecule has 2 saturated heterocycles. The van der Waals surface area contributed by atoms with E-state index in [1.807, 2.05) is 39.8 Å².